The smallest absolute Gasteiger partial charge is 0.413 e. The van der Waals surface area contributed by atoms with Crippen molar-refractivity contribution in [3.05, 3.63) is 71.4 Å². The summed E-state index contributed by atoms with van der Waals surface area (Å²) in [5.41, 5.74) is 2.11. The molecule has 0 aliphatic rings. The zero-order chi connectivity index (χ0) is 19.4. The summed E-state index contributed by atoms with van der Waals surface area (Å²) in [4.78, 5) is 26.7. The van der Waals surface area contributed by atoms with Gasteiger partial charge >= 0.3 is 6.09 Å². The highest BCUT2D eigenvalue weighted by Gasteiger charge is 2.13. The Bertz CT molecular complexity index is 952. The van der Waals surface area contributed by atoms with E-state index in [1.807, 2.05) is 6.07 Å². The minimum absolute atomic E-state index is 0.234. The SMILES string of the molecule is COC(=O)N(C)c1ccc(NC(=O)c2ccc(-c3ccc(F)cc3)s2)cc1. The van der Waals surface area contributed by atoms with Gasteiger partial charge in [-0.3, -0.25) is 9.69 Å². The van der Waals surface area contributed by atoms with E-state index in [9.17, 15) is 14.0 Å². The molecule has 2 amide bonds. The lowest BCUT2D eigenvalue weighted by molar-refractivity contribution is 0.103. The number of methoxy groups -OCH3 is 1. The summed E-state index contributed by atoms with van der Waals surface area (Å²) >= 11 is 1.33. The van der Waals surface area contributed by atoms with Gasteiger partial charge in [0.25, 0.3) is 5.91 Å². The van der Waals surface area contributed by atoms with Crippen LogP contribution in [0.15, 0.2) is 60.7 Å². The molecule has 0 fully saturated rings. The summed E-state index contributed by atoms with van der Waals surface area (Å²) in [5.74, 6) is -0.531. The Kier molecular flexibility index (Phi) is 5.52. The van der Waals surface area contributed by atoms with Crippen LogP contribution in [-0.4, -0.2) is 26.2 Å². The van der Waals surface area contributed by atoms with E-state index >= 15 is 0 Å². The summed E-state index contributed by atoms with van der Waals surface area (Å²) in [6.45, 7) is 0. The van der Waals surface area contributed by atoms with Crippen molar-refractivity contribution in [1.82, 2.24) is 0 Å². The maximum Gasteiger partial charge on any atom is 0.413 e. The molecule has 27 heavy (non-hydrogen) atoms. The molecule has 0 atom stereocenters. The number of ether oxygens (including phenoxy) is 1. The topological polar surface area (TPSA) is 58.6 Å². The number of benzene rings is 2. The van der Waals surface area contributed by atoms with E-state index in [0.717, 1.165) is 10.4 Å². The van der Waals surface area contributed by atoms with Crippen LogP contribution in [0.3, 0.4) is 0 Å². The number of hydrogen-bond donors (Lipinski definition) is 1. The third kappa shape index (κ3) is 4.32. The molecular formula is C20H17FN2O3S. The Labute approximate surface area is 160 Å². The van der Waals surface area contributed by atoms with Crippen molar-refractivity contribution >= 4 is 34.7 Å². The highest BCUT2D eigenvalue weighted by atomic mass is 32.1. The molecule has 0 saturated carbocycles. The van der Waals surface area contributed by atoms with Crippen LogP contribution in [0.5, 0.6) is 0 Å². The fraction of sp³-hybridized carbons (Fsp3) is 0.100. The molecule has 1 heterocycles. The van der Waals surface area contributed by atoms with E-state index in [1.54, 1.807) is 49.5 Å². The van der Waals surface area contributed by atoms with Gasteiger partial charge in [-0.15, -0.1) is 11.3 Å². The van der Waals surface area contributed by atoms with Crippen molar-refractivity contribution in [2.45, 2.75) is 0 Å². The van der Waals surface area contributed by atoms with Gasteiger partial charge in [0.2, 0.25) is 0 Å². The average Bonchev–Trinajstić information content (AvgIpc) is 3.18. The van der Waals surface area contributed by atoms with Gasteiger partial charge in [-0.1, -0.05) is 12.1 Å². The first-order valence-electron chi connectivity index (χ1n) is 8.07. The van der Waals surface area contributed by atoms with E-state index in [-0.39, 0.29) is 11.7 Å². The Morgan fingerprint density at radius 1 is 1.00 bits per heavy atom. The molecule has 7 heteroatoms. The normalized spacial score (nSPS) is 10.3. The highest BCUT2D eigenvalue weighted by molar-refractivity contribution is 7.17. The molecule has 1 aromatic heterocycles. The number of halogens is 1. The number of thiophene rings is 1. The number of carbonyl (C=O) groups is 2. The standard InChI is InChI=1S/C20H17FN2O3S/c1-23(20(25)26-2)16-9-7-15(8-10-16)22-19(24)18-12-11-17(27-18)13-3-5-14(21)6-4-13/h3-12H,1-2H3,(H,22,24). The zero-order valence-electron chi connectivity index (χ0n) is 14.7. The van der Waals surface area contributed by atoms with Crippen LogP contribution in [0.2, 0.25) is 0 Å². The Balaban J connectivity index is 1.69. The largest absolute Gasteiger partial charge is 0.452 e. The number of rotatable bonds is 4. The Hall–Kier alpha value is -3.19. The number of hydrogen-bond acceptors (Lipinski definition) is 4. The molecule has 0 saturated heterocycles. The Morgan fingerprint density at radius 2 is 1.67 bits per heavy atom. The van der Waals surface area contributed by atoms with Gasteiger partial charge in [0.15, 0.2) is 0 Å². The maximum atomic E-state index is 13.0. The first-order chi connectivity index (χ1) is 13.0. The molecule has 0 bridgehead atoms. The van der Waals surface area contributed by atoms with Crippen molar-refractivity contribution in [2.24, 2.45) is 0 Å². The lowest BCUT2D eigenvalue weighted by Crippen LogP contribution is -2.25. The molecule has 2 aromatic carbocycles. The number of carbonyl (C=O) groups excluding carboxylic acids is 2. The highest BCUT2D eigenvalue weighted by Crippen LogP contribution is 2.29. The molecule has 3 aromatic rings. The van der Waals surface area contributed by atoms with Gasteiger partial charge < -0.3 is 10.1 Å². The van der Waals surface area contributed by atoms with Crippen LogP contribution in [0.1, 0.15) is 9.67 Å². The zero-order valence-corrected chi connectivity index (χ0v) is 15.5. The van der Waals surface area contributed by atoms with Gasteiger partial charge in [0.05, 0.1) is 12.0 Å². The van der Waals surface area contributed by atoms with Gasteiger partial charge in [-0.25, -0.2) is 9.18 Å². The predicted octanol–water partition coefficient (Wildman–Crippen LogP) is 5.01. The van der Waals surface area contributed by atoms with Gasteiger partial charge in [0, 0.05) is 23.3 Å². The summed E-state index contributed by atoms with van der Waals surface area (Å²) in [6, 6.07) is 16.6. The lowest BCUT2D eigenvalue weighted by atomic mass is 10.2. The molecule has 0 unspecified atom stereocenters. The second-order valence-electron chi connectivity index (χ2n) is 5.70. The van der Waals surface area contributed by atoms with Gasteiger partial charge in [0.1, 0.15) is 5.82 Å². The number of nitrogens with one attached hydrogen (secondary N) is 1. The fourth-order valence-corrected chi connectivity index (χ4v) is 3.34. The van der Waals surface area contributed by atoms with Crippen LogP contribution in [0.4, 0.5) is 20.6 Å². The summed E-state index contributed by atoms with van der Waals surface area (Å²) < 4.78 is 17.7. The van der Waals surface area contributed by atoms with Crippen LogP contribution >= 0.6 is 11.3 Å². The van der Waals surface area contributed by atoms with Crippen LogP contribution < -0.4 is 10.2 Å². The monoisotopic (exact) mass is 384 g/mol. The molecule has 0 radical (unpaired) electrons. The summed E-state index contributed by atoms with van der Waals surface area (Å²) in [6.07, 6.45) is -0.473. The molecule has 5 nitrogen and oxygen atoms in total. The molecule has 3 rings (SSSR count). The minimum Gasteiger partial charge on any atom is -0.452 e. The van der Waals surface area contributed by atoms with Crippen molar-refractivity contribution in [1.29, 1.82) is 0 Å². The maximum absolute atomic E-state index is 13.0. The van der Waals surface area contributed by atoms with E-state index < -0.39 is 6.09 Å². The third-order valence-corrected chi connectivity index (χ3v) is 5.05. The van der Waals surface area contributed by atoms with Crippen molar-refractivity contribution in [3.63, 3.8) is 0 Å². The molecule has 0 spiro atoms. The number of anilines is 2. The summed E-state index contributed by atoms with van der Waals surface area (Å²) in [7, 11) is 2.91. The van der Waals surface area contributed by atoms with Crippen molar-refractivity contribution in [2.75, 3.05) is 24.4 Å². The van der Waals surface area contributed by atoms with E-state index in [2.05, 4.69) is 10.1 Å². The first-order valence-corrected chi connectivity index (χ1v) is 8.88. The van der Waals surface area contributed by atoms with E-state index in [1.165, 1.54) is 35.5 Å². The quantitative estimate of drug-likeness (QED) is 0.688. The molecule has 0 aliphatic heterocycles. The number of nitrogens with zero attached hydrogens (tertiary/aromatic N) is 1. The Morgan fingerprint density at radius 3 is 2.30 bits per heavy atom. The molecular weight excluding hydrogens is 367 g/mol. The summed E-state index contributed by atoms with van der Waals surface area (Å²) in [5, 5.41) is 2.82. The first kappa shape index (κ1) is 18.6. The van der Waals surface area contributed by atoms with Crippen LogP contribution in [-0.2, 0) is 4.74 Å². The third-order valence-electron chi connectivity index (χ3n) is 3.92. The van der Waals surface area contributed by atoms with Crippen molar-refractivity contribution < 1.29 is 18.7 Å². The van der Waals surface area contributed by atoms with Gasteiger partial charge in [-0.05, 0) is 54.1 Å². The predicted molar refractivity (Wildman–Crippen MR) is 105 cm³/mol. The minimum atomic E-state index is -0.473. The average molecular weight is 384 g/mol. The lowest BCUT2D eigenvalue weighted by Gasteiger charge is -2.15. The second-order valence-corrected chi connectivity index (χ2v) is 6.78. The fourth-order valence-electron chi connectivity index (χ4n) is 2.43. The molecule has 0 aliphatic carbocycles. The van der Waals surface area contributed by atoms with Crippen LogP contribution in [0.25, 0.3) is 10.4 Å². The number of amides is 2. The molecule has 1 N–H and O–H groups in total. The van der Waals surface area contributed by atoms with E-state index in [4.69, 9.17) is 0 Å². The second kappa shape index (κ2) is 8.01. The van der Waals surface area contributed by atoms with E-state index in [0.29, 0.717) is 16.3 Å². The van der Waals surface area contributed by atoms with Crippen molar-refractivity contribution in [3.8, 4) is 10.4 Å². The van der Waals surface area contributed by atoms with Gasteiger partial charge in [-0.2, -0.15) is 0 Å². The molecule has 138 valence electrons. The van der Waals surface area contributed by atoms with Crippen LogP contribution in [0, 0.1) is 5.82 Å².